The summed E-state index contributed by atoms with van der Waals surface area (Å²) in [4.78, 5) is 11.1. The quantitative estimate of drug-likeness (QED) is 0.619. The summed E-state index contributed by atoms with van der Waals surface area (Å²) < 4.78 is 14.9. The fraction of sp³-hybridized carbons (Fsp3) is 0.167. The van der Waals surface area contributed by atoms with Crippen LogP contribution in [0.15, 0.2) is 18.2 Å². The third-order valence-corrected chi connectivity index (χ3v) is 2.42. The van der Waals surface area contributed by atoms with Gasteiger partial charge in [0.25, 0.3) is 0 Å². The molecule has 0 aromatic heterocycles. The van der Waals surface area contributed by atoms with Crippen molar-refractivity contribution in [1.29, 1.82) is 5.26 Å². The van der Waals surface area contributed by atoms with Gasteiger partial charge < -0.3 is 14.2 Å². The number of carbonyl (C=O) groups excluding carboxylic acids is 1. The normalized spacial score (nSPS) is 12.4. The molecule has 1 aromatic rings. The number of hydrogen-bond acceptors (Lipinski definition) is 5. The molecule has 0 fully saturated rings. The van der Waals surface area contributed by atoms with Gasteiger partial charge >= 0.3 is 5.97 Å². The summed E-state index contributed by atoms with van der Waals surface area (Å²) >= 11 is 5.98. The van der Waals surface area contributed by atoms with Gasteiger partial charge in [0.1, 0.15) is 6.07 Å². The Morgan fingerprint density at radius 3 is 3.17 bits per heavy atom. The average molecular weight is 266 g/mol. The number of nitrogens with zero attached hydrogens (tertiary/aromatic N) is 1. The van der Waals surface area contributed by atoms with Crippen LogP contribution in [0.4, 0.5) is 0 Å². The fourth-order valence-electron chi connectivity index (χ4n) is 1.40. The predicted octanol–water partition coefficient (Wildman–Crippen LogP) is 2.15. The Bertz CT molecular complexity index is 548. The average Bonchev–Trinajstić information content (AvgIpc) is 2.82. The molecule has 18 heavy (non-hydrogen) atoms. The van der Waals surface area contributed by atoms with Gasteiger partial charge in [-0.15, -0.1) is 0 Å². The summed E-state index contributed by atoms with van der Waals surface area (Å²) in [5.74, 6) is 0.443. The maximum absolute atomic E-state index is 11.1. The first kappa shape index (κ1) is 12.3. The van der Waals surface area contributed by atoms with Gasteiger partial charge in [-0.05, 0) is 23.8 Å². The van der Waals surface area contributed by atoms with Gasteiger partial charge in [0.15, 0.2) is 18.1 Å². The summed E-state index contributed by atoms with van der Waals surface area (Å²) in [6, 6.07) is 5.04. The molecular weight excluding hydrogens is 258 g/mol. The molecule has 0 N–H and O–H groups in total. The van der Waals surface area contributed by atoms with Crippen LogP contribution < -0.4 is 9.47 Å². The van der Waals surface area contributed by atoms with Gasteiger partial charge in [-0.25, -0.2) is 4.79 Å². The largest absolute Gasteiger partial charge is 0.454 e. The summed E-state index contributed by atoms with van der Waals surface area (Å²) in [6.07, 6.45) is 2.73. The Labute approximate surface area is 108 Å². The van der Waals surface area contributed by atoms with Crippen molar-refractivity contribution in [2.75, 3.05) is 13.4 Å². The number of benzene rings is 1. The lowest BCUT2D eigenvalue weighted by atomic mass is 10.2. The highest BCUT2D eigenvalue weighted by Gasteiger charge is 2.17. The van der Waals surface area contributed by atoms with E-state index in [9.17, 15) is 4.79 Å². The number of carbonyl (C=O) groups is 1. The number of ether oxygens (including phenoxy) is 3. The monoisotopic (exact) mass is 265 g/mol. The highest BCUT2D eigenvalue weighted by Crippen LogP contribution is 2.39. The van der Waals surface area contributed by atoms with E-state index in [2.05, 4.69) is 4.74 Å². The number of hydrogen-bond donors (Lipinski definition) is 0. The molecule has 0 radical (unpaired) electrons. The van der Waals surface area contributed by atoms with Crippen molar-refractivity contribution in [3.63, 3.8) is 0 Å². The van der Waals surface area contributed by atoms with Crippen LogP contribution in [0.3, 0.4) is 0 Å². The third kappa shape index (κ3) is 2.73. The van der Waals surface area contributed by atoms with Crippen molar-refractivity contribution in [3.8, 4) is 17.6 Å². The zero-order valence-electron chi connectivity index (χ0n) is 9.18. The fourth-order valence-corrected chi connectivity index (χ4v) is 1.67. The third-order valence-electron chi connectivity index (χ3n) is 2.14. The Hall–Kier alpha value is -2.19. The van der Waals surface area contributed by atoms with Crippen molar-refractivity contribution in [1.82, 2.24) is 0 Å². The van der Waals surface area contributed by atoms with Crippen LogP contribution in [0, 0.1) is 11.3 Å². The number of halogens is 1. The van der Waals surface area contributed by atoms with E-state index < -0.39 is 5.97 Å². The van der Waals surface area contributed by atoms with Gasteiger partial charge in [0.2, 0.25) is 6.79 Å². The molecule has 0 spiro atoms. The Morgan fingerprint density at radius 1 is 1.56 bits per heavy atom. The molecule has 0 bridgehead atoms. The number of nitriles is 1. The molecule has 1 aliphatic rings. The van der Waals surface area contributed by atoms with Crippen molar-refractivity contribution < 1.29 is 19.0 Å². The lowest BCUT2D eigenvalue weighted by Gasteiger charge is -2.00. The van der Waals surface area contributed by atoms with Crippen LogP contribution in [-0.2, 0) is 9.53 Å². The van der Waals surface area contributed by atoms with Gasteiger partial charge in [-0.1, -0.05) is 11.6 Å². The first-order valence-corrected chi connectivity index (χ1v) is 5.39. The highest BCUT2D eigenvalue weighted by atomic mass is 35.5. The maximum atomic E-state index is 11.1. The second-order valence-corrected chi connectivity index (χ2v) is 3.74. The molecule has 92 valence electrons. The van der Waals surface area contributed by atoms with E-state index in [1.165, 1.54) is 12.2 Å². The molecule has 0 saturated heterocycles. The van der Waals surface area contributed by atoms with Crippen molar-refractivity contribution in [3.05, 3.63) is 28.8 Å². The zero-order chi connectivity index (χ0) is 13.0. The molecule has 0 saturated carbocycles. The van der Waals surface area contributed by atoms with E-state index in [-0.39, 0.29) is 13.4 Å². The van der Waals surface area contributed by atoms with E-state index in [1.54, 1.807) is 18.2 Å². The van der Waals surface area contributed by atoms with Gasteiger partial charge in [0.05, 0.1) is 5.02 Å². The van der Waals surface area contributed by atoms with Crippen LogP contribution in [-0.4, -0.2) is 19.4 Å². The van der Waals surface area contributed by atoms with E-state index in [4.69, 9.17) is 26.3 Å². The maximum Gasteiger partial charge on any atom is 0.331 e. The lowest BCUT2D eigenvalue weighted by Crippen LogP contribution is -1.99. The summed E-state index contributed by atoms with van der Waals surface area (Å²) in [5.41, 5.74) is 0.679. The van der Waals surface area contributed by atoms with Crippen molar-refractivity contribution in [2.24, 2.45) is 0 Å². The highest BCUT2D eigenvalue weighted by molar-refractivity contribution is 6.32. The second kappa shape index (κ2) is 5.43. The minimum atomic E-state index is -0.592. The Kier molecular flexibility index (Phi) is 3.70. The van der Waals surface area contributed by atoms with Crippen molar-refractivity contribution >= 4 is 23.6 Å². The minimum Gasteiger partial charge on any atom is -0.454 e. The standard InChI is InChI=1S/C12H8ClNO4/c13-9-5-8(1-2-11(15)16-4-3-14)6-10-12(9)18-7-17-10/h1-2,5-6H,4,7H2/b2-1+. The molecular formula is C12H8ClNO4. The molecule has 2 rings (SSSR count). The summed E-state index contributed by atoms with van der Waals surface area (Å²) in [5, 5.41) is 8.66. The van der Waals surface area contributed by atoms with Crippen LogP contribution in [0.2, 0.25) is 5.02 Å². The van der Waals surface area contributed by atoms with Gasteiger partial charge in [-0.2, -0.15) is 5.26 Å². The van der Waals surface area contributed by atoms with E-state index in [0.717, 1.165) is 0 Å². The van der Waals surface area contributed by atoms with Gasteiger partial charge in [0, 0.05) is 6.08 Å². The van der Waals surface area contributed by atoms with E-state index >= 15 is 0 Å². The number of fused-ring (bicyclic) bond motifs is 1. The molecule has 1 aliphatic heterocycles. The van der Waals surface area contributed by atoms with Crippen LogP contribution in [0.25, 0.3) is 6.08 Å². The molecule has 0 amide bonds. The molecule has 1 aromatic carbocycles. The zero-order valence-corrected chi connectivity index (χ0v) is 9.94. The van der Waals surface area contributed by atoms with E-state index in [1.807, 2.05) is 0 Å². The molecule has 0 aliphatic carbocycles. The topological polar surface area (TPSA) is 68.5 Å². The summed E-state index contributed by atoms with van der Waals surface area (Å²) in [7, 11) is 0. The van der Waals surface area contributed by atoms with Crippen molar-refractivity contribution in [2.45, 2.75) is 0 Å². The lowest BCUT2D eigenvalue weighted by molar-refractivity contribution is -0.136. The first-order chi connectivity index (χ1) is 8.70. The Morgan fingerprint density at radius 2 is 2.39 bits per heavy atom. The number of rotatable bonds is 3. The SMILES string of the molecule is N#CCOC(=O)/C=C/c1cc(Cl)c2c(c1)OCO2. The molecule has 5 nitrogen and oxygen atoms in total. The molecule has 6 heteroatoms. The van der Waals surface area contributed by atoms with Crippen LogP contribution in [0.5, 0.6) is 11.5 Å². The van der Waals surface area contributed by atoms with E-state index in [0.29, 0.717) is 22.1 Å². The van der Waals surface area contributed by atoms with Crippen LogP contribution >= 0.6 is 11.6 Å². The number of esters is 1. The molecule has 0 unspecified atom stereocenters. The molecule has 1 heterocycles. The summed E-state index contributed by atoms with van der Waals surface area (Å²) in [6.45, 7) is -0.141. The van der Waals surface area contributed by atoms with Crippen LogP contribution in [0.1, 0.15) is 5.56 Å². The molecule has 0 atom stereocenters. The minimum absolute atomic E-state index is 0.131. The van der Waals surface area contributed by atoms with Gasteiger partial charge in [-0.3, -0.25) is 0 Å². The second-order valence-electron chi connectivity index (χ2n) is 3.34. The Balaban J connectivity index is 2.11. The smallest absolute Gasteiger partial charge is 0.331 e. The predicted molar refractivity (Wildman–Crippen MR) is 63.2 cm³/mol. The first-order valence-electron chi connectivity index (χ1n) is 5.01.